The molecular formula is C32H32FN3O5S. The van der Waals surface area contributed by atoms with Gasteiger partial charge in [-0.2, -0.15) is 0 Å². The molecule has 2 amide bonds. The lowest BCUT2D eigenvalue weighted by atomic mass is 10.0. The second-order valence-electron chi connectivity index (χ2n) is 9.49. The summed E-state index contributed by atoms with van der Waals surface area (Å²) in [6.07, 6.45) is 0.193. The van der Waals surface area contributed by atoms with E-state index in [4.69, 9.17) is 4.74 Å². The first-order valence-electron chi connectivity index (χ1n) is 13.2. The minimum atomic E-state index is -4.25. The zero-order chi connectivity index (χ0) is 30.1. The van der Waals surface area contributed by atoms with Crippen molar-refractivity contribution in [1.29, 1.82) is 0 Å². The van der Waals surface area contributed by atoms with Gasteiger partial charge < -0.3 is 15.0 Å². The summed E-state index contributed by atoms with van der Waals surface area (Å²) in [6.45, 7) is -0.626. The van der Waals surface area contributed by atoms with E-state index in [1.807, 2.05) is 30.3 Å². The van der Waals surface area contributed by atoms with Gasteiger partial charge in [-0.25, -0.2) is 12.8 Å². The first-order chi connectivity index (χ1) is 20.2. The van der Waals surface area contributed by atoms with Crippen LogP contribution in [-0.2, 0) is 32.6 Å². The summed E-state index contributed by atoms with van der Waals surface area (Å²) >= 11 is 0. The van der Waals surface area contributed by atoms with Gasteiger partial charge in [-0.1, -0.05) is 60.7 Å². The molecule has 10 heteroatoms. The number of amides is 2. The van der Waals surface area contributed by atoms with E-state index in [1.165, 1.54) is 43.3 Å². The molecule has 0 fully saturated rings. The smallest absolute Gasteiger partial charge is 0.264 e. The Kier molecular flexibility index (Phi) is 9.93. The zero-order valence-electron chi connectivity index (χ0n) is 23.3. The number of halogens is 1. The molecule has 0 aliphatic heterocycles. The number of nitrogens with one attached hydrogen (secondary N) is 1. The largest absolute Gasteiger partial charge is 0.497 e. The SMILES string of the molecule is CNC(=O)[C@@H](Cc1ccccc1)N(Cc1cccc(OC)c1)C(=O)CN(c1ccc(F)cc1)S(=O)(=O)c1ccccc1. The summed E-state index contributed by atoms with van der Waals surface area (Å²) < 4.78 is 47.8. The number of nitrogens with zero attached hydrogens (tertiary/aromatic N) is 2. The number of hydrogen-bond donors (Lipinski definition) is 1. The van der Waals surface area contributed by atoms with Crippen molar-refractivity contribution >= 4 is 27.5 Å². The molecule has 4 rings (SSSR count). The van der Waals surface area contributed by atoms with Gasteiger partial charge in [0.25, 0.3) is 10.0 Å². The van der Waals surface area contributed by atoms with Crippen LogP contribution in [0.15, 0.2) is 114 Å². The molecule has 8 nitrogen and oxygen atoms in total. The lowest BCUT2D eigenvalue weighted by molar-refractivity contribution is -0.139. The molecule has 42 heavy (non-hydrogen) atoms. The molecule has 0 radical (unpaired) electrons. The Morgan fingerprint density at radius 2 is 1.48 bits per heavy atom. The highest BCUT2D eigenvalue weighted by molar-refractivity contribution is 7.92. The minimum Gasteiger partial charge on any atom is -0.497 e. The molecule has 1 N–H and O–H groups in total. The molecule has 4 aromatic carbocycles. The molecule has 0 spiro atoms. The molecule has 0 heterocycles. The van der Waals surface area contributed by atoms with E-state index in [0.717, 1.165) is 22.0 Å². The van der Waals surface area contributed by atoms with Crippen LogP contribution in [0.4, 0.5) is 10.1 Å². The third-order valence-electron chi connectivity index (χ3n) is 6.73. The molecule has 0 aromatic heterocycles. The van der Waals surface area contributed by atoms with Crippen LogP contribution in [0.5, 0.6) is 5.75 Å². The number of ether oxygens (including phenoxy) is 1. The molecule has 1 atom stereocenters. The van der Waals surface area contributed by atoms with E-state index >= 15 is 0 Å². The summed E-state index contributed by atoms with van der Waals surface area (Å²) in [5, 5.41) is 2.65. The molecule has 218 valence electrons. The number of rotatable bonds is 12. The Labute approximate surface area is 245 Å². The normalized spacial score (nSPS) is 11.8. The Bertz CT molecular complexity index is 1600. The number of carbonyl (C=O) groups is 2. The maximum absolute atomic E-state index is 14.2. The average Bonchev–Trinajstić information content (AvgIpc) is 3.02. The van der Waals surface area contributed by atoms with Gasteiger partial charge in [0.15, 0.2) is 0 Å². The first-order valence-corrected chi connectivity index (χ1v) is 14.7. The highest BCUT2D eigenvalue weighted by Crippen LogP contribution is 2.25. The number of benzene rings is 4. The molecule has 0 bridgehead atoms. The van der Waals surface area contributed by atoms with E-state index in [2.05, 4.69) is 5.32 Å². The average molecular weight is 590 g/mol. The summed E-state index contributed by atoms with van der Waals surface area (Å²) in [7, 11) is -1.23. The summed E-state index contributed by atoms with van der Waals surface area (Å²) in [5.41, 5.74) is 1.61. The number of likely N-dealkylation sites (N-methyl/N-ethyl adjacent to an activating group) is 1. The minimum absolute atomic E-state index is 0.00357. The predicted molar refractivity (Wildman–Crippen MR) is 159 cm³/mol. The zero-order valence-corrected chi connectivity index (χ0v) is 24.1. The van der Waals surface area contributed by atoms with E-state index in [9.17, 15) is 22.4 Å². The van der Waals surface area contributed by atoms with Crippen LogP contribution in [0.1, 0.15) is 11.1 Å². The lowest BCUT2D eigenvalue weighted by Gasteiger charge is -2.33. The van der Waals surface area contributed by atoms with Gasteiger partial charge in [0.1, 0.15) is 24.2 Å². The Morgan fingerprint density at radius 3 is 2.10 bits per heavy atom. The summed E-state index contributed by atoms with van der Waals surface area (Å²) in [5.74, 6) is -1.01. The van der Waals surface area contributed by atoms with Crippen molar-refractivity contribution in [3.8, 4) is 5.75 Å². The highest BCUT2D eigenvalue weighted by atomic mass is 32.2. The topological polar surface area (TPSA) is 96.0 Å². The van der Waals surface area contributed by atoms with Gasteiger partial charge in [-0.05, 0) is 59.7 Å². The maximum atomic E-state index is 14.2. The number of sulfonamides is 1. The van der Waals surface area contributed by atoms with Crippen LogP contribution in [0.25, 0.3) is 0 Å². The van der Waals surface area contributed by atoms with Crippen molar-refractivity contribution in [3.05, 3.63) is 126 Å². The summed E-state index contributed by atoms with van der Waals surface area (Å²) in [6, 6.07) is 27.9. The van der Waals surface area contributed by atoms with Crippen LogP contribution in [-0.4, -0.2) is 51.9 Å². The fraction of sp³-hybridized carbons (Fsp3) is 0.188. The number of methoxy groups -OCH3 is 1. The van der Waals surface area contributed by atoms with Crippen LogP contribution in [0.2, 0.25) is 0 Å². The van der Waals surface area contributed by atoms with Gasteiger partial charge in [0.2, 0.25) is 11.8 Å². The van der Waals surface area contributed by atoms with Gasteiger partial charge in [-0.15, -0.1) is 0 Å². The van der Waals surface area contributed by atoms with Crippen molar-refractivity contribution < 1.29 is 27.1 Å². The van der Waals surface area contributed by atoms with Gasteiger partial charge in [0, 0.05) is 20.0 Å². The van der Waals surface area contributed by atoms with Crippen molar-refractivity contribution in [3.63, 3.8) is 0 Å². The second-order valence-corrected chi connectivity index (χ2v) is 11.4. The van der Waals surface area contributed by atoms with E-state index in [-0.39, 0.29) is 23.5 Å². The Hall–Kier alpha value is -4.70. The van der Waals surface area contributed by atoms with Gasteiger partial charge >= 0.3 is 0 Å². The van der Waals surface area contributed by atoms with Crippen molar-refractivity contribution in [2.45, 2.75) is 23.9 Å². The quantitative estimate of drug-likeness (QED) is 0.264. The van der Waals surface area contributed by atoms with E-state index in [0.29, 0.717) is 11.3 Å². The fourth-order valence-corrected chi connectivity index (χ4v) is 5.98. The molecule has 0 saturated heterocycles. The Balaban J connectivity index is 1.78. The number of anilines is 1. The maximum Gasteiger partial charge on any atom is 0.264 e. The van der Waals surface area contributed by atoms with E-state index in [1.54, 1.807) is 42.5 Å². The predicted octanol–water partition coefficient (Wildman–Crippen LogP) is 4.42. The van der Waals surface area contributed by atoms with Crippen LogP contribution in [0, 0.1) is 5.82 Å². The molecular weight excluding hydrogens is 557 g/mol. The van der Waals surface area contributed by atoms with Crippen molar-refractivity contribution in [2.75, 3.05) is 25.0 Å². The van der Waals surface area contributed by atoms with Crippen LogP contribution < -0.4 is 14.4 Å². The number of hydrogen-bond acceptors (Lipinski definition) is 5. The van der Waals surface area contributed by atoms with Gasteiger partial charge in [0.05, 0.1) is 17.7 Å². The summed E-state index contributed by atoms with van der Waals surface area (Å²) in [4.78, 5) is 28.8. The first kappa shape index (κ1) is 30.3. The lowest BCUT2D eigenvalue weighted by Crippen LogP contribution is -2.53. The van der Waals surface area contributed by atoms with Crippen molar-refractivity contribution in [1.82, 2.24) is 10.2 Å². The molecule has 0 aliphatic rings. The van der Waals surface area contributed by atoms with Crippen molar-refractivity contribution in [2.24, 2.45) is 0 Å². The van der Waals surface area contributed by atoms with Gasteiger partial charge in [-0.3, -0.25) is 13.9 Å². The Morgan fingerprint density at radius 1 is 0.857 bits per heavy atom. The molecule has 4 aromatic rings. The second kappa shape index (κ2) is 13.8. The molecule has 0 aliphatic carbocycles. The molecule has 0 saturated carbocycles. The fourth-order valence-electron chi connectivity index (χ4n) is 4.54. The number of carbonyl (C=O) groups excluding carboxylic acids is 2. The molecule has 0 unspecified atom stereocenters. The third kappa shape index (κ3) is 7.32. The highest BCUT2D eigenvalue weighted by Gasteiger charge is 2.34. The van der Waals surface area contributed by atoms with Crippen LogP contribution >= 0.6 is 0 Å². The van der Waals surface area contributed by atoms with Crippen LogP contribution in [0.3, 0.4) is 0 Å². The van der Waals surface area contributed by atoms with E-state index < -0.39 is 40.2 Å². The monoisotopic (exact) mass is 589 g/mol. The third-order valence-corrected chi connectivity index (χ3v) is 8.52. The standard InChI is InChI=1S/C32H32FN3O5S/c1-34-32(38)30(21-24-10-5-3-6-11-24)35(22-25-12-9-13-28(20-25)41-2)31(37)23-36(27-18-16-26(33)17-19-27)42(39,40)29-14-7-4-8-15-29/h3-20,30H,21-23H2,1-2H3,(H,34,38)/t30-/m1/s1.